The van der Waals surface area contributed by atoms with Gasteiger partial charge in [0.1, 0.15) is 5.72 Å². The highest BCUT2D eigenvalue weighted by Crippen LogP contribution is 2.14. The second-order valence-corrected chi connectivity index (χ2v) is 7.59. The molecule has 0 rings (SSSR count). The summed E-state index contributed by atoms with van der Waals surface area (Å²) in [7, 11) is 0. The molecule has 0 aliphatic rings. The molecular formula is C20H42N2O2. The van der Waals surface area contributed by atoms with E-state index in [-0.39, 0.29) is 6.61 Å². The zero-order valence-corrected chi connectivity index (χ0v) is 16.1. The molecule has 0 bridgehead atoms. The van der Waals surface area contributed by atoms with Crippen LogP contribution in [0.3, 0.4) is 0 Å². The number of nitrogens with two attached hydrogens (primary N) is 2. The molecule has 0 fully saturated rings. The zero-order chi connectivity index (χ0) is 18.3. The molecule has 144 valence electrons. The van der Waals surface area contributed by atoms with E-state index in [2.05, 4.69) is 13.8 Å². The van der Waals surface area contributed by atoms with Gasteiger partial charge in [-0.3, -0.25) is 5.73 Å². The number of hydrogen-bond donors (Lipinski definition) is 4. The Labute approximate surface area is 149 Å². The Morgan fingerprint density at radius 2 is 1.33 bits per heavy atom. The molecule has 0 aliphatic heterocycles. The molecule has 2 atom stereocenters. The standard InChI is InChI=1S/C20H42N2O2/c1-18(2)15-13-11-9-7-5-3-4-6-8-10-12-14-16-20(22,24)19(21)17-23/h14,16,18-19,23-24H,3-13,15,17,21-22H2,1-2H3/b16-14+. The maximum absolute atomic E-state index is 9.79. The maximum atomic E-state index is 9.79. The highest BCUT2D eigenvalue weighted by Gasteiger charge is 2.25. The lowest BCUT2D eigenvalue weighted by atomic mass is 10.0. The molecule has 0 amide bonds. The number of aliphatic hydroxyl groups is 2. The van der Waals surface area contributed by atoms with Crippen LogP contribution in [0, 0.1) is 5.92 Å². The third kappa shape index (κ3) is 14.0. The monoisotopic (exact) mass is 342 g/mol. The number of unbranched alkanes of at least 4 members (excludes halogenated alkanes) is 10. The molecule has 0 heterocycles. The highest BCUT2D eigenvalue weighted by atomic mass is 16.3. The summed E-state index contributed by atoms with van der Waals surface area (Å²) >= 11 is 0. The Hall–Kier alpha value is -0.420. The average Bonchev–Trinajstić information content (AvgIpc) is 2.53. The predicted molar refractivity (Wildman–Crippen MR) is 104 cm³/mol. The van der Waals surface area contributed by atoms with Crippen molar-refractivity contribution in [1.29, 1.82) is 0 Å². The van der Waals surface area contributed by atoms with Gasteiger partial charge in [0.2, 0.25) is 0 Å². The van der Waals surface area contributed by atoms with Crippen LogP contribution in [0.1, 0.15) is 90.9 Å². The number of hydrogen-bond acceptors (Lipinski definition) is 4. The summed E-state index contributed by atoms with van der Waals surface area (Å²) in [5.74, 6) is 0.852. The van der Waals surface area contributed by atoms with Crippen LogP contribution in [-0.2, 0) is 0 Å². The first kappa shape index (κ1) is 23.6. The first-order valence-corrected chi connectivity index (χ1v) is 9.95. The van der Waals surface area contributed by atoms with E-state index in [0.29, 0.717) is 0 Å². The smallest absolute Gasteiger partial charge is 0.150 e. The van der Waals surface area contributed by atoms with E-state index in [4.69, 9.17) is 16.6 Å². The van der Waals surface area contributed by atoms with Gasteiger partial charge in [0.15, 0.2) is 0 Å². The van der Waals surface area contributed by atoms with Gasteiger partial charge in [-0.25, -0.2) is 0 Å². The van der Waals surface area contributed by atoms with Crippen molar-refractivity contribution in [3.05, 3.63) is 12.2 Å². The van der Waals surface area contributed by atoms with Crippen LogP contribution in [0.15, 0.2) is 12.2 Å². The van der Waals surface area contributed by atoms with Crippen molar-refractivity contribution in [1.82, 2.24) is 0 Å². The van der Waals surface area contributed by atoms with Gasteiger partial charge < -0.3 is 15.9 Å². The van der Waals surface area contributed by atoms with Crippen molar-refractivity contribution in [3.63, 3.8) is 0 Å². The van der Waals surface area contributed by atoms with Crippen molar-refractivity contribution >= 4 is 0 Å². The summed E-state index contributed by atoms with van der Waals surface area (Å²) in [4.78, 5) is 0. The Bertz CT molecular complexity index is 304. The van der Waals surface area contributed by atoms with Crippen LogP contribution >= 0.6 is 0 Å². The molecule has 0 aromatic heterocycles. The minimum Gasteiger partial charge on any atom is -0.395 e. The highest BCUT2D eigenvalue weighted by molar-refractivity contribution is 5.02. The summed E-state index contributed by atoms with van der Waals surface area (Å²) in [5.41, 5.74) is 9.54. The third-order valence-corrected chi connectivity index (χ3v) is 4.58. The minimum absolute atomic E-state index is 0.324. The fourth-order valence-corrected chi connectivity index (χ4v) is 2.77. The second kappa shape index (κ2) is 14.9. The van der Waals surface area contributed by atoms with Crippen LogP contribution < -0.4 is 11.5 Å². The average molecular weight is 343 g/mol. The molecule has 0 aromatic rings. The molecular weight excluding hydrogens is 300 g/mol. The Morgan fingerprint density at radius 1 is 0.875 bits per heavy atom. The summed E-state index contributed by atoms with van der Waals surface area (Å²) in [6, 6.07) is -0.834. The van der Waals surface area contributed by atoms with Gasteiger partial charge in [-0.1, -0.05) is 84.1 Å². The normalized spacial score (nSPS) is 16.0. The molecule has 0 saturated carbocycles. The SMILES string of the molecule is CC(C)CCCCCCCCCCCC/C=C/C(N)(O)C(N)CO. The van der Waals surface area contributed by atoms with E-state index in [9.17, 15) is 5.11 Å². The first-order chi connectivity index (χ1) is 11.4. The number of rotatable bonds is 16. The predicted octanol–water partition coefficient (Wildman–Crippen LogP) is 3.85. The van der Waals surface area contributed by atoms with Crippen LogP contribution in [0.4, 0.5) is 0 Å². The Balaban J connectivity index is 3.34. The van der Waals surface area contributed by atoms with E-state index >= 15 is 0 Å². The molecule has 0 aromatic carbocycles. The molecule has 0 radical (unpaired) electrons. The molecule has 0 aliphatic carbocycles. The molecule has 6 N–H and O–H groups in total. The van der Waals surface area contributed by atoms with Crippen molar-refractivity contribution in [2.45, 2.75) is 103 Å². The van der Waals surface area contributed by atoms with E-state index in [1.54, 1.807) is 0 Å². The molecule has 2 unspecified atom stereocenters. The Kier molecular flexibility index (Phi) is 14.6. The minimum atomic E-state index is -1.61. The second-order valence-electron chi connectivity index (χ2n) is 7.59. The van der Waals surface area contributed by atoms with Gasteiger partial charge >= 0.3 is 0 Å². The van der Waals surface area contributed by atoms with Gasteiger partial charge in [0.25, 0.3) is 0 Å². The van der Waals surface area contributed by atoms with E-state index < -0.39 is 11.8 Å². The van der Waals surface area contributed by atoms with Crippen molar-refractivity contribution < 1.29 is 10.2 Å². The van der Waals surface area contributed by atoms with Gasteiger partial charge in [-0.15, -0.1) is 0 Å². The van der Waals surface area contributed by atoms with Crippen molar-refractivity contribution in [3.8, 4) is 0 Å². The third-order valence-electron chi connectivity index (χ3n) is 4.58. The van der Waals surface area contributed by atoms with Crippen molar-refractivity contribution in [2.75, 3.05) is 6.61 Å². The van der Waals surface area contributed by atoms with Crippen LogP contribution in [0.5, 0.6) is 0 Å². The van der Waals surface area contributed by atoms with Crippen LogP contribution in [0.25, 0.3) is 0 Å². The van der Waals surface area contributed by atoms with Gasteiger partial charge in [-0.2, -0.15) is 0 Å². The summed E-state index contributed by atoms with van der Waals surface area (Å²) in [5, 5.41) is 18.7. The van der Waals surface area contributed by atoms with Crippen molar-refractivity contribution in [2.24, 2.45) is 17.4 Å². The fourth-order valence-electron chi connectivity index (χ4n) is 2.77. The van der Waals surface area contributed by atoms with Gasteiger partial charge in [0, 0.05) is 0 Å². The molecule has 0 saturated heterocycles. The summed E-state index contributed by atoms with van der Waals surface area (Å²) < 4.78 is 0. The number of allylic oxidation sites excluding steroid dienone is 1. The lowest BCUT2D eigenvalue weighted by molar-refractivity contribution is 0.0451. The fraction of sp³-hybridized carbons (Fsp3) is 0.900. The largest absolute Gasteiger partial charge is 0.395 e. The number of aliphatic hydroxyl groups excluding tert-OH is 1. The van der Waals surface area contributed by atoms with Gasteiger partial charge in [0.05, 0.1) is 12.6 Å². The maximum Gasteiger partial charge on any atom is 0.150 e. The Morgan fingerprint density at radius 3 is 1.79 bits per heavy atom. The first-order valence-electron chi connectivity index (χ1n) is 9.95. The van der Waals surface area contributed by atoms with E-state index in [0.717, 1.165) is 18.8 Å². The zero-order valence-electron chi connectivity index (χ0n) is 16.1. The summed E-state index contributed by atoms with van der Waals surface area (Å²) in [6.45, 7) is 4.28. The lowest BCUT2D eigenvalue weighted by Crippen LogP contribution is -2.55. The quantitative estimate of drug-likeness (QED) is 0.195. The van der Waals surface area contributed by atoms with Crippen LogP contribution in [-0.4, -0.2) is 28.6 Å². The molecule has 4 heteroatoms. The topological polar surface area (TPSA) is 92.5 Å². The van der Waals surface area contributed by atoms with Gasteiger partial charge in [-0.05, 0) is 24.8 Å². The van der Waals surface area contributed by atoms with E-state index in [1.165, 1.54) is 70.3 Å². The lowest BCUT2D eigenvalue weighted by Gasteiger charge is -2.24. The molecule has 24 heavy (non-hydrogen) atoms. The summed E-state index contributed by atoms with van der Waals surface area (Å²) in [6.07, 6.45) is 18.9. The molecule has 4 nitrogen and oxygen atoms in total. The van der Waals surface area contributed by atoms with E-state index in [1.807, 2.05) is 6.08 Å². The molecule has 0 spiro atoms. The van der Waals surface area contributed by atoms with Crippen LogP contribution in [0.2, 0.25) is 0 Å².